The van der Waals surface area contributed by atoms with E-state index in [-0.39, 0.29) is 0 Å². The molecular weight excluding hydrogens is 314 g/mol. The molecule has 1 nitrogen and oxygen atoms in total. The number of nitrogens with one attached hydrogen (secondary N) is 1. The zero-order valence-electron chi connectivity index (χ0n) is 17.4. The summed E-state index contributed by atoms with van der Waals surface area (Å²) in [6.45, 7) is 14.8. The highest BCUT2D eigenvalue weighted by molar-refractivity contribution is 5.60. The third-order valence-electron chi connectivity index (χ3n) is 5.92. The smallest absolute Gasteiger partial charge is 0.0394 e. The molecule has 1 N–H and O–H groups in total. The van der Waals surface area contributed by atoms with Crippen LogP contribution < -0.4 is 5.32 Å². The van der Waals surface area contributed by atoms with Crippen LogP contribution in [0, 0.1) is 11.8 Å². The van der Waals surface area contributed by atoms with E-state index in [2.05, 4.69) is 69.1 Å². The Hall–Kier alpha value is -1.60. The zero-order valence-corrected chi connectivity index (χ0v) is 17.4. The van der Waals surface area contributed by atoms with E-state index >= 15 is 0 Å². The number of benzene rings is 1. The standard InChI is InChI=1S/C23H31N.C2H6/c1-5-7-11-20-18(9-6-2)10-8-12-21(20)23-22-15-19(17(4)24-23)14-13-16(22)3;1-2/h5,7-8,10-13,17,19,22-24H,1,6,9,14-15H2,2-4H3;1-2H3/b11-7-;. The largest absolute Gasteiger partial charge is 0.307 e. The molecule has 26 heavy (non-hydrogen) atoms. The fourth-order valence-corrected chi connectivity index (χ4v) is 4.51. The molecule has 1 aromatic rings. The summed E-state index contributed by atoms with van der Waals surface area (Å²) in [6, 6.07) is 7.87. The van der Waals surface area contributed by atoms with Crippen molar-refractivity contribution in [1.82, 2.24) is 5.32 Å². The van der Waals surface area contributed by atoms with E-state index in [1.54, 1.807) is 5.57 Å². The van der Waals surface area contributed by atoms with Crippen molar-refractivity contribution in [2.24, 2.45) is 11.8 Å². The molecule has 2 aliphatic rings. The fourth-order valence-electron chi connectivity index (χ4n) is 4.51. The summed E-state index contributed by atoms with van der Waals surface area (Å²) < 4.78 is 0. The van der Waals surface area contributed by atoms with Crippen LogP contribution in [0.4, 0.5) is 0 Å². The van der Waals surface area contributed by atoms with Crippen LogP contribution >= 0.6 is 0 Å². The molecule has 4 unspecified atom stereocenters. The predicted molar refractivity (Wildman–Crippen MR) is 116 cm³/mol. The molecule has 2 bridgehead atoms. The van der Waals surface area contributed by atoms with Crippen molar-refractivity contribution in [3.8, 4) is 0 Å². The Morgan fingerprint density at radius 1 is 1.27 bits per heavy atom. The van der Waals surface area contributed by atoms with E-state index in [1.165, 1.54) is 36.0 Å². The average Bonchev–Trinajstić information content (AvgIpc) is 2.67. The zero-order chi connectivity index (χ0) is 19.1. The Morgan fingerprint density at radius 2 is 2.04 bits per heavy atom. The van der Waals surface area contributed by atoms with Crippen LogP contribution in [0.25, 0.3) is 6.08 Å². The first-order valence-electron chi connectivity index (χ1n) is 10.5. The molecule has 1 heterocycles. The van der Waals surface area contributed by atoms with Crippen LogP contribution in [-0.2, 0) is 6.42 Å². The van der Waals surface area contributed by atoms with Gasteiger partial charge >= 0.3 is 0 Å². The molecule has 1 aliphatic carbocycles. The highest BCUT2D eigenvalue weighted by atomic mass is 15.0. The Labute approximate surface area is 161 Å². The van der Waals surface area contributed by atoms with Gasteiger partial charge in [0.2, 0.25) is 0 Å². The molecule has 1 fully saturated rings. The molecule has 0 aromatic heterocycles. The van der Waals surface area contributed by atoms with Crippen molar-refractivity contribution in [3.63, 3.8) is 0 Å². The second-order valence-corrected chi connectivity index (χ2v) is 7.48. The van der Waals surface area contributed by atoms with E-state index in [9.17, 15) is 0 Å². The summed E-state index contributed by atoms with van der Waals surface area (Å²) in [5.41, 5.74) is 5.89. The summed E-state index contributed by atoms with van der Waals surface area (Å²) >= 11 is 0. The Bertz CT molecular complexity index is 652. The van der Waals surface area contributed by atoms with Gasteiger partial charge in [0.25, 0.3) is 0 Å². The number of fused-ring (bicyclic) bond motifs is 2. The van der Waals surface area contributed by atoms with Gasteiger partial charge in [0.05, 0.1) is 0 Å². The van der Waals surface area contributed by atoms with Gasteiger partial charge in [-0.3, -0.25) is 0 Å². The number of allylic oxidation sites excluding steroid dienone is 3. The normalized spacial score (nSPS) is 27.5. The summed E-state index contributed by atoms with van der Waals surface area (Å²) in [5, 5.41) is 3.95. The van der Waals surface area contributed by atoms with Crippen LogP contribution in [0.15, 0.2) is 48.6 Å². The van der Waals surface area contributed by atoms with Crippen LogP contribution in [0.3, 0.4) is 0 Å². The Kier molecular flexibility index (Phi) is 7.90. The maximum Gasteiger partial charge on any atom is 0.0394 e. The summed E-state index contributed by atoms with van der Waals surface area (Å²) in [6.07, 6.45) is 13.6. The number of hydrogen-bond acceptors (Lipinski definition) is 1. The van der Waals surface area contributed by atoms with E-state index in [0.717, 1.165) is 12.3 Å². The van der Waals surface area contributed by atoms with Crippen molar-refractivity contribution in [2.45, 2.75) is 72.4 Å². The third-order valence-corrected chi connectivity index (χ3v) is 5.92. The van der Waals surface area contributed by atoms with Crippen LogP contribution in [0.2, 0.25) is 0 Å². The molecular formula is C25H37N. The van der Waals surface area contributed by atoms with Gasteiger partial charge < -0.3 is 5.32 Å². The van der Waals surface area contributed by atoms with E-state index < -0.39 is 0 Å². The molecule has 1 aliphatic heterocycles. The molecule has 3 rings (SSSR count). The second-order valence-electron chi connectivity index (χ2n) is 7.48. The number of piperidine rings is 1. The number of aryl methyl sites for hydroxylation is 1. The second kappa shape index (κ2) is 9.92. The maximum absolute atomic E-state index is 3.95. The minimum absolute atomic E-state index is 0.425. The average molecular weight is 352 g/mol. The van der Waals surface area contributed by atoms with Gasteiger partial charge in [-0.15, -0.1) is 0 Å². The molecule has 0 spiro atoms. The minimum atomic E-state index is 0.425. The molecule has 1 saturated heterocycles. The van der Waals surface area contributed by atoms with Gasteiger partial charge in [0.1, 0.15) is 0 Å². The molecule has 1 aromatic carbocycles. The maximum atomic E-state index is 3.95. The first-order valence-corrected chi connectivity index (χ1v) is 10.5. The molecule has 0 saturated carbocycles. The predicted octanol–water partition coefficient (Wildman–Crippen LogP) is 6.87. The van der Waals surface area contributed by atoms with E-state index in [4.69, 9.17) is 0 Å². The SMILES string of the molecule is C=C/C=C\c1c(CCC)cccc1C1NC(C)C2CC=C(C)C1C2.CC. The Morgan fingerprint density at radius 3 is 2.73 bits per heavy atom. The fraction of sp³-hybridized carbons (Fsp3) is 0.520. The monoisotopic (exact) mass is 351 g/mol. The molecule has 4 atom stereocenters. The first-order chi connectivity index (χ1) is 12.7. The molecule has 0 amide bonds. The van der Waals surface area contributed by atoms with Crippen molar-refractivity contribution >= 4 is 6.08 Å². The van der Waals surface area contributed by atoms with Crippen molar-refractivity contribution < 1.29 is 0 Å². The quantitative estimate of drug-likeness (QED) is 0.451. The molecule has 1 heteroatoms. The van der Waals surface area contributed by atoms with Crippen LogP contribution in [0.5, 0.6) is 0 Å². The summed E-state index contributed by atoms with van der Waals surface area (Å²) in [4.78, 5) is 0. The summed E-state index contributed by atoms with van der Waals surface area (Å²) in [5.74, 6) is 1.42. The van der Waals surface area contributed by atoms with Gasteiger partial charge in [-0.1, -0.05) is 81.8 Å². The van der Waals surface area contributed by atoms with Crippen molar-refractivity contribution in [3.05, 3.63) is 65.3 Å². The minimum Gasteiger partial charge on any atom is -0.307 e. The van der Waals surface area contributed by atoms with Crippen molar-refractivity contribution in [2.75, 3.05) is 0 Å². The first kappa shape index (κ1) is 20.7. The van der Waals surface area contributed by atoms with Crippen molar-refractivity contribution in [1.29, 1.82) is 0 Å². The topological polar surface area (TPSA) is 12.0 Å². The highest BCUT2D eigenvalue weighted by Gasteiger charge is 2.38. The van der Waals surface area contributed by atoms with E-state index in [1.807, 2.05) is 19.9 Å². The molecule has 142 valence electrons. The lowest BCUT2D eigenvalue weighted by Crippen LogP contribution is -2.47. The third kappa shape index (κ3) is 4.38. The van der Waals surface area contributed by atoms with Gasteiger partial charge in [0, 0.05) is 12.1 Å². The lowest BCUT2D eigenvalue weighted by molar-refractivity contribution is 0.180. The van der Waals surface area contributed by atoms with E-state index in [0.29, 0.717) is 18.0 Å². The van der Waals surface area contributed by atoms with Gasteiger partial charge in [-0.05, 0) is 61.6 Å². The molecule has 0 radical (unpaired) electrons. The summed E-state index contributed by atoms with van der Waals surface area (Å²) in [7, 11) is 0. The Balaban J connectivity index is 0.00000117. The van der Waals surface area contributed by atoms with Crippen LogP contribution in [0.1, 0.15) is 76.6 Å². The highest BCUT2D eigenvalue weighted by Crippen LogP contribution is 2.44. The lowest BCUT2D eigenvalue weighted by atomic mass is 9.69. The number of hydrogen-bond donors (Lipinski definition) is 1. The number of rotatable bonds is 5. The van der Waals surface area contributed by atoms with Gasteiger partial charge in [-0.2, -0.15) is 0 Å². The van der Waals surface area contributed by atoms with Gasteiger partial charge in [0.15, 0.2) is 0 Å². The van der Waals surface area contributed by atoms with Gasteiger partial charge in [-0.25, -0.2) is 0 Å². The lowest BCUT2D eigenvalue weighted by Gasteiger charge is -2.45. The van der Waals surface area contributed by atoms with Crippen LogP contribution in [-0.4, -0.2) is 6.04 Å².